The summed E-state index contributed by atoms with van der Waals surface area (Å²) in [6.07, 6.45) is -0.0262. The van der Waals surface area contributed by atoms with E-state index in [-0.39, 0.29) is 11.8 Å². The van der Waals surface area contributed by atoms with Gasteiger partial charge in [-0.25, -0.2) is 9.48 Å². The Morgan fingerprint density at radius 3 is 2.79 bits per heavy atom. The molecule has 19 heavy (non-hydrogen) atoms. The van der Waals surface area contributed by atoms with Gasteiger partial charge in [-0.1, -0.05) is 6.92 Å². The molecule has 0 bridgehead atoms. The van der Waals surface area contributed by atoms with Crippen LogP contribution in [-0.2, 0) is 11.8 Å². The van der Waals surface area contributed by atoms with Gasteiger partial charge in [-0.3, -0.25) is 0 Å². The largest absolute Gasteiger partial charge is 0.473 e. The summed E-state index contributed by atoms with van der Waals surface area (Å²) in [6, 6.07) is 0. The first-order valence-electron chi connectivity index (χ1n) is 6.28. The number of carbonyl (C=O) groups is 1. The minimum absolute atomic E-state index is 0.0262. The van der Waals surface area contributed by atoms with Crippen molar-refractivity contribution in [3.63, 3.8) is 0 Å². The highest BCUT2D eigenvalue weighted by atomic mass is 79.9. The Kier molecular flexibility index (Phi) is 6.30. The summed E-state index contributed by atoms with van der Waals surface area (Å²) in [7, 11) is 1.72. The molecule has 1 aromatic rings. The fourth-order valence-corrected chi connectivity index (χ4v) is 2.11. The van der Waals surface area contributed by atoms with E-state index in [1.807, 2.05) is 13.8 Å². The van der Waals surface area contributed by atoms with Crippen molar-refractivity contribution in [2.24, 2.45) is 7.05 Å². The second-order valence-corrected chi connectivity index (χ2v) is 4.84. The van der Waals surface area contributed by atoms with Crippen molar-refractivity contribution in [2.45, 2.75) is 26.9 Å². The van der Waals surface area contributed by atoms with Crippen molar-refractivity contribution in [3.05, 3.63) is 10.2 Å². The quantitative estimate of drug-likeness (QED) is 0.770. The maximum atomic E-state index is 11.7. The van der Waals surface area contributed by atoms with Gasteiger partial charge < -0.3 is 14.8 Å². The number of nitrogens with zero attached hydrogens (tertiary/aromatic N) is 2. The van der Waals surface area contributed by atoms with E-state index in [1.54, 1.807) is 14.0 Å². The Morgan fingerprint density at radius 2 is 2.21 bits per heavy atom. The van der Waals surface area contributed by atoms with Crippen LogP contribution in [0.5, 0.6) is 5.88 Å². The van der Waals surface area contributed by atoms with E-state index in [0.717, 1.165) is 13.1 Å². The third kappa shape index (κ3) is 4.21. The Labute approximate surface area is 121 Å². The summed E-state index contributed by atoms with van der Waals surface area (Å²) in [6.45, 7) is 7.66. The molecule has 1 heterocycles. The molecule has 6 nitrogen and oxygen atoms in total. The number of halogens is 1. The number of hydrogen-bond donors (Lipinski definition) is 1. The molecule has 0 fully saturated rings. The highest BCUT2D eigenvalue weighted by Gasteiger charge is 2.23. The number of nitrogens with one attached hydrogen (secondary N) is 1. The van der Waals surface area contributed by atoms with Crippen LogP contribution < -0.4 is 10.1 Å². The first kappa shape index (κ1) is 16.0. The van der Waals surface area contributed by atoms with E-state index in [1.165, 1.54) is 4.68 Å². The monoisotopic (exact) mass is 333 g/mol. The van der Waals surface area contributed by atoms with Crippen molar-refractivity contribution in [3.8, 4) is 5.88 Å². The van der Waals surface area contributed by atoms with E-state index >= 15 is 0 Å². The van der Waals surface area contributed by atoms with Gasteiger partial charge in [0.1, 0.15) is 10.6 Å². The van der Waals surface area contributed by atoms with Gasteiger partial charge in [0.25, 0.3) is 0 Å². The molecule has 0 aliphatic rings. The molecule has 0 amide bonds. The number of rotatable bonds is 7. The fourth-order valence-electron chi connectivity index (χ4n) is 1.52. The van der Waals surface area contributed by atoms with Crippen LogP contribution in [0.2, 0.25) is 0 Å². The van der Waals surface area contributed by atoms with Gasteiger partial charge in [0, 0.05) is 13.6 Å². The van der Waals surface area contributed by atoms with Gasteiger partial charge in [-0.15, -0.1) is 0 Å². The summed E-state index contributed by atoms with van der Waals surface area (Å²) in [5.74, 6) is 0.0626. The number of ether oxygens (including phenoxy) is 2. The topological polar surface area (TPSA) is 65.4 Å². The normalized spacial score (nSPS) is 12.3. The lowest BCUT2D eigenvalue weighted by Gasteiger charge is -2.15. The van der Waals surface area contributed by atoms with Crippen LogP contribution in [-0.4, -0.2) is 41.6 Å². The zero-order valence-electron chi connectivity index (χ0n) is 11.7. The standard InChI is InChI=1S/C12H20BrN3O3/c1-5-14-7-8(3)19-11-9(13)10(15-16(11)4)12(17)18-6-2/h8,14H,5-7H2,1-4H3/t8-/m0/s1. The predicted molar refractivity (Wildman–Crippen MR) is 75.5 cm³/mol. The number of esters is 1. The summed E-state index contributed by atoms with van der Waals surface area (Å²) in [5.41, 5.74) is 0.231. The number of likely N-dealkylation sites (N-methyl/N-ethyl adjacent to an activating group) is 1. The Balaban J connectivity index is 2.82. The van der Waals surface area contributed by atoms with Crippen LogP contribution >= 0.6 is 15.9 Å². The summed E-state index contributed by atoms with van der Waals surface area (Å²) in [4.78, 5) is 11.7. The highest BCUT2D eigenvalue weighted by Crippen LogP contribution is 2.29. The van der Waals surface area contributed by atoms with Crippen LogP contribution in [0.25, 0.3) is 0 Å². The van der Waals surface area contributed by atoms with Gasteiger partial charge in [0.2, 0.25) is 5.88 Å². The molecule has 1 atom stereocenters. The van der Waals surface area contributed by atoms with Crippen LogP contribution in [0, 0.1) is 0 Å². The highest BCUT2D eigenvalue weighted by molar-refractivity contribution is 9.10. The third-order valence-corrected chi connectivity index (χ3v) is 3.12. The lowest BCUT2D eigenvalue weighted by Crippen LogP contribution is -2.29. The maximum absolute atomic E-state index is 11.7. The molecule has 1 aromatic heterocycles. The van der Waals surface area contributed by atoms with Crippen molar-refractivity contribution in [1.82, 2.24) is 15.1 Å². The van der Waals surface area contributed by atoms with Crippen LogP contribution in [0.1, 0.15) is 31.3 Å². The van der Waals surface area contributed by atoms with E-state index in [2.05, 4.69) is 26.3 Å². The number of carbonyl (C=O) groups excluding carboxylic acids is 1. The second kappa shape index (κ2) is 7.49. The SMILES string of the molecule is CCNC[C@H](C)Oc1c(Br)c(C(=O)OCC)nn1C. The van der Waals surface area contributed by atoms with E-state index < -0.39 is 5.97 Å². The molecule has 0 radical (unpaired) electrons. The molecule has 0 spiro atoms. The number of aromatic nitrogens is 2. The average Bonchev–Trinajstić information content (AvgIpc) is 2.64. The van der Waals surface area contributed by atoms with Crippen LogP contribution in [0.15, 0.2) is 4.47 Å². The smallest absolute Gasteiger partial charge is 0.360 e. The molecule has 0 aromatic carbocycles. The van der Waals surface area contributed by atoms with E-state index in [9.17, 15) is 4.79 Å². The summed E-state index contributed by atoms with van der Waals surface area (Å²) >= 11 is 3.34. The Hall–Kier alpha value is -1.08. The molecule has 0 aliphatic heterocycles. The van der Waals surface area contributed by atoms with Gasteiger partial charge in [0.15, 0.2) is 5.69 Å². The first-order chi connectivity index (χ1) is 9.01. The maximum Gasteiger partial charge on any atom is 0.360 e. The molecule has 0 unspecified atom stereocenters. The van der Waals surface area contributed by atoms with Gasteiger partial charge in [-0.05, 0) is 36.3 Å². The summed E-state index contributed by atoms with van der Waals surface area (Å²) < 4.78 is 12.8. The molecular formula is C12H20BrN3O3. The molecule has 1 rings (SSSR count). The number of aryl methyl sites for hydroxylation is 1. The van der Waals surface area contributed by atoms with Gasteiger partial charge in [-0.2, -0.15) is 5.10 Å². The molecule has 0 saturated carbocycles. The first-order valence-corrected chi connectivity index (χ1v) is 7.07. The Morgan fingerprint density at radius 1 is 1.53 bits per heavy atom. The Bertz CT molecular complexity index is 434. The zero-order valence-corrected chi connectivity index (χ0v) is 13.3. The van der Waals surface area contributed by atoms with Gasteiger partial charge >= 0.3 is 5.97 Å². The zero-order chi connectivity index (χ0) is 14.4. The van der Waals surface area contributed by atoms with Crippen molar-refractivity contribution in [2.75, 3.05) is 19.7 Å². The minimum Gasteiger partial charge on any atom is -0.473 e. The second-order valence-electron chi connectivity index (χ2n) is 4.05. The third-order valence-electron chi connectivity index (χ3n) is 2.40. The minimum atomic E-state index is -0.459. The summed E-state index contributed by atoms with van der Waals surface area (Å²) in [5, 5.41) is 7.31. The van der Waals surface area contributed by atoms with Gasteiger partial charge in [0.05, 0.1) is 6.61 Å². The van der Waals surface area contributed by atoms with E-state index in [0.29, 0.717) is 17.0 Å². The number of hydrogen-bond acceptors (Lipinski definition) is 5. The van der Waals surface area contributed by atoms with E-state index in [4.69, 9.17) is 9.47 Å². The van der Waals surface area contributed by atoms with Crippen molar-refractivity contribution in [1.29, 1.82) is 0 Å². The molecule has 108 valence electrons. The lowest BCUT2D eigenvalue weighted by molar-refractivity contribution is 0.0517. The fraction of sp³-hybridized carbons (Fsp3) is 0.667. The average molecular weight is 334 g/mol. The molecule has 0 aliphatic carbocycles. The van der Waals surface area contributed by atoms with Crippen LogP contribution in [0.3, 0.4) is 0 Å². The molecular weight excluding hydrogens is 314 g/mol. The molecule has 1 N–H and O–H groups in total. The van der Waals surface area contributed by atoms with Crippen molar-refractivity contribution >= 4 is 21.9 Å². The van der Waals surface area contributed by atoms with Crippen molar-refractivity contribution < 1.29 is 14.3 Å². The lowest BCUT2D eigenvalue weighted by atomic mass is 10.4. The predicted octanol–water partition coefficient (Wildman–Crippen LogP) is 1.74. The molecule has 7 heteroatoms. The van der Waals surface area contributed by atoms with Crippen LogP contribution in [0.4, 0.5) is 0 Å². The molecule has 0 saturated heterocycles.